The number of nitriles is 1. The van der Waals surface area contributed by atoms with Gasteiger partial charge in [-0.3, -0.25) is 9.69 Å². The summed E-state index contributed by atoms with van der Waals surface area (Å²) in [6.45, 7) is 5.50. The molecule has 1 unspecified atom stereocenters. The fourth-order valence-corrected chi connectivity index (χ4v) is 2.21. The molecule has 1 aliphatic rings. The van der Waals surface area contributed by atoms with E-state index in [4.69, 9.17) is 5.11 Å². The third-order valence-corrected chi connectivity index (χ3v) is 3.64. The number of nitrogens with zero attached hydrogens (tertiary/aromatic N) is 2. The quantitative estimate of drug-likeness (QED) is 0.650. The summed E-state index contributed by atoms with van der Waals surface area (Å²) in [5, 5.41) is 21.1. The van der Waals surface area contributed by atoms with Crippen LogP contribution >= 0.6 is 0 Å². The van der Waals surface area contributed by atoms with Crippen LogP contribution in [0, 0.1) is 17.2 Å². The molecule has 1 aliphatic carbocycles. The SMILES string of the molecule is CCCCN(CCO)CC(=O)NC(C)(C#N)C1CC1. The largest absolute Gasteiger partial charge is 0.395 e. The van der Waals surface area contributed by atoms with Crippen LogP contribution in [-0.2, 0) is 4.79 Å². The minimum atomic E-state index is -0.729. The number of unbranched alkanes of at least 4 members (excludes halogenated alkanes) is 1. The first kappa shape index (κ1) is 15.9. The van der Waals surface area contributed by atoms with Gasteiger partial charge in [-0.1, -0.05) is 13.3 Å². The number of hydrogen-bond acceptors (Lipinski definition) is 4. The molecule has 0 aromatic heterocycles. The van der Waals surface area contributed by atoms with E-state index >= 15 is 0 Å². The highest BCUT2D eigenvalue weighted by Crippen LogP contribution is 2.39. The van der Waals surface area contributed by atoms with E-state index in [-0.39, 0.29) is 19.1 Å². The first-order chi connectivity index (χ1) is 9.05. The highest BCUT2D eigenvalue weighted by Gasteiger charge is 2.43. The molecule has 0 saturated heterocycles. The maximum Gasteiger partial charge on any atom is 0.235 e. The van der Waals surface area contributed by atoms with Crippen molar-refractivity contribution in [2.24, 2.45) is 5.92 Å². The van der Waals surface area contributed by atoms with Gasteiger partial charge in [0.1, 0.15) is 5.54 Å². The van der Waals surface area contributed by atoms with Crippen molar-refractivity contribution in [3.8, 4) is 6.07 Å². The Hall–Kier alpha value is -1.12. The Kier molecular flexibility index (Phi) is 6.26. The van der Waals surface area contributed by atoms with Crippen molar-refractivity contribution >= 4 is 5.91 Å². The topological polar surface area (TPSA) is 76.4 Å². The number of carbonyl (C=O) groups is 1. The number of aliphatic hydroxyl groups excluding tert-OH is 1. The van der Waals surface area contributed by atoms with Crippen molar-refractivity contribution in [2.45, 2.75) is 45.1 Å². The third-order valence-electron chi connectivity index (χ3n) is 3.64. The molecule has 0 radical (unpaired) electrons. The summed E-state index contributed by atoms with van der Waals surface area (Å²) in [6.07, 6.45) is 4.09. The zero-order valence-electron chi connectivity index (χ0n) is 12.0. The molecule has 0 aromatic carbocycles. The predicted molar refractivity (Wildman–Crippen MR) is 73.3 cm³/mol. The molecule has 5 nitrogen and oxygen atoms in total. The molecule has 19 heavy (non-hydrogen) atoms. The second-order valence-corrected chi connectivity index (χ2v) is 5.49. The molecule has 0 bridgehead atoms. The smallest absolute Gasteiger partial charge is 0.235 e. The molecule has 1 amide bonds. The summed E-state index contributed by atoms with van der Waals surface area (Å²) in [7, 11) is 0. The van der Waals surface area contributed by atoms with E-state index in [1.165, 1.54) is 0 Å². The molecular weight excluding hydrogens is 242 g/mol. The van der Waals surface area contributed by atoms with Gasteiger partial charge < -0.3 is 10.4 Å². The highest BCUT2D eigenvalue weighted by molar-refractivity contribution is 5.79. The predicted octanol–water partition coefficient (Wildman–Crippen LogP) is 0.889. The second-order valence-electron chi connectivity index (χ2n) is 5.49. The fraction of sp³-hybridized carbons (Fsp3) is 0.857. The maximum atomic E-state index is 12.0. The molecule has 0 heterocycles. The van der Waals surface area contributed by atoms with Gasteiger partial charge in [-0.05, 0) is 38.6 Å². The van der Waals surface area contributed by atoms with Gasteiger partial charge in [0.15, 0.2) is 0 Å². The molecule has 0 aromatic rings. The van der Waals surface area contributed by atoms with Gasteiger partial charge in [0, 0.05) is 6.54 Å². The summed E-state index contributed by atoms with van der Waals surface area (Å²) < 4.78 is 0. The fourth-order valence-electron chi connectivity index (χ4n) is 2.21. The van der Waals surface area contributed by atoms with Crippen LogP contribution in [0.2, 0.25) is 0 Å². The zero-order valence-corrected chi connectivity index (χ0v) is 12.0. The zero-order chi connectivity index (χ0) is 14.3. The lowest BCUT2D eigenvalue weighted by molar-refractivity contribution is -0.123. The summed E-state index contributed by atoms with van der Waals surface area (Å²) >= 11 is 0. The second kappa shape index (κ2) is 7.46. The maximum absolute atomic E-state index is 12.0. The summed E-state index contributed by atoms with van der Waals surface area (Å²) in [4.78, 5) is 13.9. The van der Waals surface area contributed by atoms with Gasteiger partial charge >= 0.3 is 0 Å². The Balaban J connectivity index is 2.45. The molecule has 1 atom stereocenters. The Morgan fingerprint density at radius 3 is 2.68 bits per heavy atom. The molecule has 1 rings (SSSR count). The van der Waals surface area contributed by atoms with Gasteiger partial charge in [0.05, 0.1) is 19.2 Å². The number of rotatable bonds is 9. The van der Waals surface area contributed by atoms with Crippen LogP contribution in [0.3, 0.4) is 0 Å². The lowest BCUT2D eigenvalue weighted by Gasteiger charge is -2.26. The standard InChI is InChI=1S/C14H25N3O2/c1-3-4-7-17(8-9-18)10-13(19)16-14(2,11-15)12-5-6-12/h12,18H,3-10H2,1-2H3,(H,16,19). The van der Waals surface area contributed by atoms with E-state index in [1.54, 1.807) is 6.92 Å². The van der Waals surface area contributed by atoms with Crippen LogP contribution < -0.4 is 5.32 Å². The van der Waals surface area contributed by atoms with Gasteiger partial charge in [-0.25, -0.2) is 0 Å². The Morgan fingerprint density at radius 1 is 1.53 bits per heavy atom. The van der Waals surface area contributed by atoms with Crippen molar-refractivity contribution in [2.75, 3.05) is 26.2 Å². The van der Waals surface area contributed by atoms with Crippen molar-refractivity contribution in [1.29, 1.82) is 5.26 Å². The highest BCUT2D eigenvalue weighted by atomic mass is 16.3. The first-order valence-electron chi connectivity index (χ1n) is 7.11. The number of carbonyl (C=O) groups excluding carboxylic acids is 1. The van der Waals surface area contributed by atoms with E-state index in [0.29, 0.717) is 12.5 Å². The number of nitrogens with one attached hydrogen (secondary N) is 1. The monoisotopic (exact) mass is 267 g/mol. The van der Waals surface area contributed by atoms with Gasteiger partial charge in [-0.2, -0.15) is 5.26 Å². The van der Waals surface area contributed by atoms with Crippen LogP contribution in [0.1, 0.15) is 39.5 Å². The number of hydrogen-bond donors (Lipinski definition) is 2. The van der Waals surface area contributed by atoms with Crippen LogP contribution in [0.15, 0.2) is 0 Å². The van der Waals surface area contributed by atoms with Gasteiger partial charge in [0.2, 0.25) is 5.91 Å². The summed E-state index contributed by atoms with van der Waals surface area (Å²) in [5.74, 6) is 0.170. The van der Waals surface area contributed by atoms with E-state index in [2.05, 4.69) is 18.3 Å². The summed E-state index contributed by atoms with van der Waals surface area (Å²) in [5.41, 5.74) is -0.729. The van der Waals surface area contributed by atoms with E-state index in [9.17, 15) is 10.1 Å². The number of aliphatic hydroxyl groups is 1. The van der Waals surface area contributed by atoms with Crippen molar-refractivity contribution < 1.29 is 9.90 Å². The van der Waals surface area contributed by atoms with Crippen LogP contribution in [-0.4, -0.2) is 47.7 Å². The Labute approximate surface area is 115 Å². The average molecular weight is 267 g/mol. The van der Waals surface area contributed by atoms with Crippen LogP contribution in [0.25, 0.3) is 0 Å². The minimum absolute atomic E-state index is 0.0507. The van der Waals surface area contributed by atoms with Crippen molar-refractivity contribution in [1.82, 2.24) is 10.2 Å². The lowest BCUT2D eigenvalue weighted by Crippen LogP contribution is -2.50. The first-order valence-corrected chi connectivity index (χ1v) is 7.11. The van der Waals surface area contributed by atoms with Crippen molar-refractivity contribution in [3.63, 3.8) is 0 Å². The summed E-state index contributed by atoms with van der Waals surface area (Å²) in [6, 6.07) is 2.22. The molecule has 0 aliphatic heterocycles. The van der Waals surface area contributed by atoms with E-state index in [1.807, 2.05) is 4.90 Å². The van der Waals surface area contributed by atoms with E-state index in [0.717, 1.165) is 32.2 Å². The molecule has 0 spiro atoms. The van der Waals surface area contributed by atoms with Gasteiger partial charge in [0.25, 0.3) is 0 Å². The minimum Gasteiger partial charge on any atom is -0.395 e. The molecule has 2 N–H and O–H groups in total. The van der Waals surface area contributed by atoms with Gasteiger partial charge in [-0.15, -0.1) is 0 Å². The lowest BCUT2D eigenvalue weighted by atomic mass is 9.98. The normalized spacial score (nSPS) is 17.8. The van der Waals surface area contributed by atoms with Crippen molar-refractivity contribution in [3.05, 3.63) is 0 Å². The molecule has 108 valence electrons. The molecule has 1 fully saturated rings. The number of amides is 1. The third kappa shape index (κ3) is 5.17. The van der Waals surface area contributed by atoms with E-state index < -0.39 is 5.54 Å². The Bertz CT molecular complexity index is 336. The van der Waals surface area contributed by atoms with Crippen LogP contribution in [0.4, 0.5) is 0 Å². The molecule has 5 heteroatoms. The molecule has 1 saturated carbocycles. The van der Waals surface area contributed by atoms with Crippen LogP contribution in [0.5, 0.6) is 0 Å². The Morgan fingerprint density at radius 2 is 2.21 bits per heavy atom. The average Bonchev–Trinajstić information content (AvgIpc) is 3.20. The molecular formula is C14H25N3O2.